The Balaban J connectivity index is 2.20. The topological polar surface area (TPSA) is 86.4 Å². The second-order valence-corrected chi connectivity index (χ2v) is 4.41. The van der Waals surface area contributed by atoms with E-state index in [2.05, 4.69) is 15.0 Å². The van der Waals surface area contributed by atoms with Crippen LogP contribution in [-0.4, -0.2) is 52.9 Å². The van der Waals surface area contributed by atoms with Crippen molar-refractivity contribution in [2.45, 2.75) is 6.10 Å². The van der Waals surface area contributed by atoms with Crippen LogP contribution >= 0.6 is 23.8 Å². The van der Waals surface area contributed by atoms with Crippen LogP contribution in [0, 0.1) is 0 Å². The number of ether oxygens (including phenoxy) is 2. The van der Waals surface area contributed by atoms with Gasteiger partial charge in [-0.25, -0.2) is 0 Å². The van der Waals surface area contributed by atoms with Gasteiger partial charge in [0, 0.05) is 6.54 Å². The Morgan fingerprint density at radius 3 is 3.00 bits per heavy atom. The predicted molar refractivity (Wildman–Crippen MR) is 70.1 cm³/mol. The van der Waals surface area contributed by atoms with E-state index < -0.39 is 0 Å². The van der Waals surface area contributed by atoms with Crippen molar-refractivity contribution in [2.75, 3.05) is 31.7 Å². The molecule has 1 aliphatic rings. The highest BCUT2D eigenvalue weighted by Crippen LogP contribution is 2.17. The summed E-state index contributed by atoms with van der Waals surface area (Å²) in [4.78, 5) is 14.2. The molecule has 2 N–H and O–H groups in total. The Kier molecular flexibility index (Phi) is 4.10. The minimum absolute atomic E-state index is 0.0789. The number of nitrogens with zero attached hydrogens (tertiary/aromatic N) is 4. The van der Waals surface area contributed by atoms with Gasteiger partial charge in [-0.15, -0.1) is 0 Å². The fraction of sp³-hybridized carbons (Fsp3) is 0.556. The van der Waals surface area contributed by atoms with Gasteiger partial charge in [0.25, 0.3) is 0 Å². The third-order valence-electron chi connectivity index (χ3n) is 2.43. The maximum Gasteiger partial charge on any atom is 0.322 e. The van der Waals surface area contributed by atoms with Gasteiger partial charge >= 0.3 is 6.01 Å². The summed E-state index contributed by atoms with van der Waals surface area (Å²) in [6, 6.07) is 0.170. The van der Waals surface area contributed by atoms with E-state index in [0.29, 0.717) is 30.6 Å². The van der Waals surface area contributed by atoms with Gasteiger partial charge in [0.2, 0.25) is 11.2 Å². The molecule has 0 amide bonds. The summed E-state index contributed by atoms with van der Waals surface area (Å²) in [6.45, 7) is 1.61. The third kappa shape index (κ3) is 2.95. The summed E-state index contributed by atoms with van der Waals surface area (Å²) in [6.07, 6.45) is -0.310. The summed E-state index contributed by atoms with van der Waals surface area (Å²) in [5.74, 6) is 0.427. The smallest absolute Gasteiger partial charge is 0.322 e. The molecule has 2 heterocycles. The summed E-state index contributed by atoms with van der Waals surface area (Å²) < 4.78 is 10.4. The number of methoxy groups -OCH3 is 1. The Morgan fingerprint density at radius 1 is 1.56 bits per heavy atom. The lowest BCUT2D eigenvalue weighted by Gasteiger charge is -2.32. The molecule has 1 fully saturated rings. The van der Waals surface area contributed by atoms with E-state index in [1.54, 1.807) is 0 Å². The van der Waals surface area contributed by atoms with Crippen molar-refractivity contribution in [1.29, 1.82) is 0 Å². The number of morpholine rings is 1. The molecule has 0 saturated carbocycles. The van der Waals surface area contributed by atoms with E-state index in [4.69, 9.17) is 39.0 Å². The zero-order valence-electron chi connectivity index (χ0n) is 9.67. The van der Waals surface area contributed by atoms with Crippen LogP contribution in [0.5, 0.6) is 6.01 Å². The van der Waals surface area contributed by atoms with Crippen LogP contribution in [0.15, 0.2) is 0 Å². The first kappa shape index (κ1) is 13.2. The summed E-state index contributed by atoms with van der Waals surface area (Å²) in [5.41, 5.74) is 5.57. The SMILES string of the molecule is COc1nc(Cl)nc(N2CCOC(C(N)=S)C2)n1. The summed E-state index contributed by atoms with van der Waals surface area (Å²) in [7, 11) is 1.46. The van der Waals surface area contributed by atoms with Crippen molar-refractivity contribution in [2.24, 2.45) is 5.73 Å². The van der Waals surface area contributed by atoms with Crippen molar-refractivity contribution in [3.63, 3.8) is 0 Å². The molecular formula is C9H12ClN5O2S. The molecule has 1 atom stereocenters. The Hall–Kier alpha value is -1.25. The first-order valence-corrected chi connectivity index (χ1v) is 6.00. The van der Waals surface area contributed by atoms with Crippen LogP contribution in [0.2, 0.25) is 5.28 Å². The second kappa shape index (κ2) is 5.59. The van der Waals surface area contributed by atoms with Crippen molar-refractivity contribution in [1.82, 2.24) is 15.0 Å². The van der Waals surface area contributed by atoms with Crippen molar-refractivity contribution < 1.29 is 9.47 Å². The van der Waals surface area contributed by atoms with Gasteiger partial charge in [-0.3, -0.25) is 0 Å². The number of rotatable bonds is 3. The first-order valence-electron chi connectivity index (χ1n) is 5.21. The van der Waals surface area contributed by atoms with E-state index in [1.807, 2.05) is 4.90 Å². The molecule has 7 nitrogen and oxygen atoms in total. The van der Waals surface area contributed by atoms with E-state index in [9.17, 15) is 0 Å². The molecule has 0 bridgehead atoms. The van der Waals surface area contributed by atoms with Crippen LogP contribution < -0.4 is 15.4 Å². The number of thiocarbonyl (C=S) groups is 1. The van der Waals surface area contributed by atoms with Crippen LogP contribution in [0.25, 0.3) is 0 Å². The van der Waals surface area contributed by atoms with E-state index >= 15 is 0 Å². The molecule has 1 unspecified atom stereocenters. The molecule has 0 aliphatic carbocycles. The highest BCUT2D eigenvalue weighted by atomic mass is 35.5. The number of anilines is 1. The number of halogens is 1. The molecule has 0 spiro atoms. The van der Waals surface area contributed by atoms with E-state index in [0.717, 1.165) is 0 Å². The molecular weight excluding hydrogens is 278 g/mol. The molecule has 1 saturated heterocycles. The van der Waals surface area contributed by atoms with Crippen LogP contribution in [0.3, 0.4) is 0 Å². The monoisotopic (exact) mass is 289 g/mol. The minimum atomic E-state index is -0.310. The highest BCUT2D eigenvalue weighted by Gasteiger charge is 2.25. The number of aromatic nitrogens is 3. The number of nitrogens with two attached hydrogens (primary N) is 1. The quantitative estimate of drug-likeness (QED) is 0.780. The van der Waals surface area contributed by atoms with Gasteiger partial charge < -0.3 is 20.1 Å². The van der Waals surface area contributed by atoms with Crippen molar-refractivity contribution >= 4 is 34.8 Å². The Bertz CT molecular complexity index is 461. The van der Waals surface area contributed by atoms with Gasteiger partial charge in [0.1, 0.15) is 11.1 Å². The maximum atomic E-state index is 5.80. The molecule has 18 heavy (non-hydrogen) atoms. The molecule has 0 aromatic carbocycles. The first-order chi connectivity index (χ1) is 8.60. The normalized spacial score (nSPS) is 19.7. The van der Waals surface area contributed by atoms with Gasteiger partial charge in [0.15, 0.2) is 0 Å². The van der Waals surface area contributed by atoms with Gasteiger partial charge in [-0.2, -0.15) is 15.0 Å². The number of hydrogen-bond donors (Lipinski definition) is 1. The molecule has 98 valence electrons. The number of hydrogen-bond acceptors (Lipinski definition) is 7. The third-order valence-corrected chi connectivity index (χ3v) is 2.86. The fourth-order valence-electron chi connectivity index (χ4n) is 1.56. The molecule has 1 aromatic heterocycles. The predicted octanol–water partition coefficient (Wildman–Crippen LogP) is 0.0249. The van der Waals surface area contributed by atoms with Gasteiger partial charge in [-0.05, 0) is 11.6 Å². The van der Waals surface area contributed by atoms with Gasteiger partial charge in [0.05, 0.1) is 20.3 Å². The summed E-state index contributed by atoms with van der Waals surface area (Å²) >= 11 is 10.7. The Morgan fingerprint density at radius 2 is 2.33 bits per heavy atom. The molecule has 1 aliphatic heterocycles. The molecule has 9 heteroatoms. The van der Waals surface area contributed by atoms with Crippen LogP contribution in [0.1, 0.15) is 0 Å². The fourth-order valence-corrected chi connectivity index (χ4v) is 1.85. The Labute approximate surface area is 114 Å². The van der Waals surface area contributed by atoms with Crippen LogP contribution in [-0.2, 0) is 4.74 Å². The van der Waals surface area contributed by atoms with Gasteiger partial charge in [-0.1, -0.05) is 12.2 Å². The zero-order valence-corrected chi connectivity index (χ0v) is 11.2. The van der Waals surface area contributed by atoms with E-state index in [1.165, 1.54) is 7.11 Å². The molecule has 2 rings (SSSR count). The molecule has 0 radical (unpaired) electrons. The average Bonchev–Trinajstić information content (AvgIpc) is 2.38. The minimum Gasteiger partial charge on any atom is -0.467 e. The highest BCUT2D eigenvalue weighted by molar-refractivity contribution is 7.80. The van der Waals surface area contributed by atoms with Crippen LogP contribution in [0.4, 0.5) is 5.95 Å². The van der Waals surface area contributed by atoms with Crippen molar-refractivity contribution in [3.8, 4) is 6.01 Å². The van der Waals surface area contributed by atoms with E-state index in [-0.39, 0.29) is 17.4 Å². The molecule has 1 aromatic rings. The maximum absolute atomic E-state index is 5.80. The van der Waals surface area contributed by atoms with Crippen molar-refractivity contribution in [3.05, 3.63) is 5.28 Å². The average molecular weight is 290 g/mol. The lowest BCUT2D eigenvalue weighted by molar-refractivity contribution is 0.0840. The summed E-state index contributed by atoms with van der Waals surface area (Å²) in [5, 5.41) is 0.0789. The zero-order chi connectivity index (χ0) is 13.1. The second-order valence-electron chi connectivity index (χ2n) is 3.60. The largest absolute Gasteiger partial charge is 0.467 e. The standard InChI is InChI=1S/C9H12ClN5O2S/c1-16-9-13-7(10)12-8(14-9)15-2-3-17-5(4-15)6(11)18/h5H,2-4H2,1H3,(H2,11,18). The lowest BCUT2D eigenvalue weighted by Crippen LogP contribution is -2.48. The lowest BCUT2D eigenvalue weighted by atomic mass is 10.3.